The molecule has 0 spiro atoms. The average Bonchev–Trinajstić information content (AvgIpc) is 3.20. The zero-order valence-corrected chi connectivity index (χ0v) is 13.0. The third-order valence-electron chi connectivity index (χ3n) is 4.90. The van der Waals surface area contributed by atoms with Gasteiger partial charge in [-0.3, -0.25) is 4.79 Å². The molecule has 1 amide bonds. The van der Waals surface area contributed by atoms with E-state index in [0.29, 0.717) is 5.92 Å². The van der Waals surface area contributed by atoms with Crippen molar-refractivity contribution in [1.82, 2.24) is 5.32 Å². The van der Waals surface area contributed by atoms with Crippen molar-refractivity contribution in [3.8, 4) is 0 Å². The number of thiophene rings is 1. The van der Waals surface area contributed by atoms with Gasteiger partial charge in [-0.05, 0) is 72.0 Å². The molecule has 2 saturated carbocycles. The summed E-state index contributed by atoms with van der Waals surface area (Å²) in [7, 11) is 0. The Balaban J connectivity index is 1.47. The Hall–Kier alpha value is -1.35. The highest BCUT2D eigenvalue weighted by atomic mass is 32.1. The molecule has 2 aromatic rings. The normalized spacial score (nSPS) is 18.7. The molecule has 1 aromatic heterocycles. The van der Waals surface area contributed by atoms with Crippen LogP contribution in [0.5, 0.6) is 0 Å². The molecular formula is C18H21NOS. The summed E-state index contributed by atoms with van der Waals surface area (Å²) in [5, 5.41) is 6.74. The van der Waals surface area contributed by atoms with Gasteiger partial charge in [0.25, 0.3) is 0 Å². The Kier molecular flexibility index (Phi) is 3.46. The van der Waals surface area contributed by atoms with Crippen molar-refractivity contribution in [1.29, 1.82) is 0 Å². The second kappa shape index (κ2) is 5.45. The van der Waals surface area contributed by atoms with Gasteiger partial charge >= 0.3 is 0 Å². The Morgan fingerprint density at radius 3 is 2.81 bits per heavy atom. The van der Waals surface area contributed by atoms with Gasteiger partial charge in [0, 0.05) is 17.2 Å². The number of amides is 1. The molecule has 0 aliphatic heterocycles. The number of fused-ring (bicyclic) bond motifs is 1. The lowest BCUT2D eigenvalue weighted by Gasteiger charge is -2.25. The highest BCUT2D eigenvalue weighted by Crippen LogP contribution is 2.38. The van der Waals surface area contributed by atoms with E-state index in [9.17, 15) is 4.79 Å². The fourth-order valence-electron chi connectivity index (χ4n) is 3.10. The van der Waals surface area contributed by atoms with E-state index in [2.05, 4.69) is 28.9 Å². The molecule has 2 aliphatic rings. The second-order valence-corrected chi connectivity index (χ2v) is 7.37. The van der Waals surface area contributed by atoms with Crippen molar-refractivity contribution in [3.05, 3.63) is 34.7 Å². The lowest BCUT2D eigenvalue weighted by molar-refractivity contribution is -0.122. The van der Waals surface area contributed by atoms with Crippen molar-refractivity contribution < 1.29 is 4.79 Å². The zero-order chi connectivity index (χ0) is 14.2. The standard InChI is InChI=1S/C18H21NOS/c20-18(13-4-5-13)19-9-8-15-11-21-17-7-6-14(10-16(15)17)12-2-1-3-12/h6-7,10-13H,1-5,8-9H2,(H,19,20). The van der Waals surface area contributed by atoms with Crippen LogP contribution in [0.25, 0.3) is 10.1 Å². The molecule has 21 heavy (non-hydrogen) atoms. The van der Waals surface area contributed by atoms with E-state index >= 15 is 0 Å². The molecule has 0 atom stereocenters. The topological polar surface area (TPSA) is 29.1 Å². The maximum Gasteiger partial charge on any atom is 0.223 e. The predicted octanol–water partition coefficient (Wildman–Crippen LogP) is 4.24. The number of hydrogen-bond donors (Lipinski definition) is 1. The Morgan fingerprint density at radius 1 is 1.24 bits per heavy atom. The van der Waals surface area contributed by atoms with Gasteiger partial charge in [-0.1, -0.05) is 12.5 Å². The molecule has 4 rings (SSSR count). The van der Waals surface area contributed by atoms with E-state index < -0.39 is 0 Å². The monoisotopic (exact) mass is 299 g/mol. The number of nitrogens with one attached hydrogen (secondary N) is 1. The van der Waals surface area contributed by atoms with Gasteiger partial charge in [-0.25, -0.2) is 0 Å². The van der Waals surface area contributed by atoms with Crippen LogP contribution < -0.4 is 5.32 Å². The summed E-state index contributed by atoms with van der Waals surface area (Å²) in [4.78, 5) is 11.7. The first kappa shape index (κ1) is 13.3. The van der Waals surface area contributed by atoms with Crippen molar-refractivity contribution in [3.63, 3.8) is 0 Å². The van der Waals surface area contributed by atoms with Crippen molar-refractivity contribution in [2.45, 2.75) is 44.4 Å². The maximum absolute atomic E-state index is 11.7. The van der Waals surface area contributed by atoms with Gasteiger partial charge in [-0.15, -0.1) is 11.3 Å². The summed E-state index contributed by atoms with van der Waals surface area (Å²) in [5.41, 5.74) is 2.91. The quantitative estimate of drug-likeness (QED) is 0.879. The Morgan fingerprint density at radius 2 is 2.10 bits per heavy atom. The van der Waals surface area contributed by atoms with Crippen LogP contribution in [0.3, 0.4) is 0 Å². The average molecular weight is 299 g/mol. The van der Waals surface area contributed by atoms with Crippen LogP contribution in [0.2, 0.25) is 0 Å². The maximum atomic E-state index is 11.7. The van der Waals surface area contributed by atoms with Crippen LogP contribution >= 0.6 is 11.3 Å². The molecule has 0 saturated heterocycles. The predicted molar refractivity (Wildman–Crippen MR) is 87.9 cm³/mol. The molecule has 2 aliphatic carbocycles. The molecule has 0 unspecified atom stereocenters. The first-order valence-electron chi connectivity index (χ1n) is 8.09. The number of carbonyl (C=O) groups is 1. The highest BCUT2D eigenvalue weighted by molar-refractivity contribution is 7.17. The van der Waals surface area contributed by atoms with E-state index in [4.69, 9.17) is 0 Å². The highest BCUT2D eigenvalue weighted by Gasteiger charge is 2.29. The van der Waals surface area contributed by atoms with E-state index in [1.807, 2.05) is 11.3 Å². The van der Waals surface area contributed by atoms with Crippen LogP contribution in [-0.4, -0.2) is 12.5 Å². The summed E-state index contributed by atoms with van der Waals surface area (Å²) in [5.74, 6) is 1.36. The Labute approximate surface area is 129 Å². The SMILES string of the molecule is O=C(NCCc1csc2ccc(C3CCC3)cc12)C1CC1. The molecule has 2 fully saturated rings. The number of hydrogen-bond acceptors (Lipinski definition) is 2. The minimum atomic E-state index is 0.254. The van der Waals surface area contributed by atoms with Crippen LogP contribution in [0.4, 0.5) is 0 Å². The van der Waals surface area contributed by atoms with Crippen molar-refractivity contribution >= 4 is 27.3 Å². The van der Waals surface area contributed by atoms with E-state index in [-0.39, 0.29) is 5.91 Å². The van der Waals surface area contributed by atoms with Crippen LogP contribution in [0.15, 0.2) is 23.6 Å². The summed E-state index contributed by atoms with van der Waals surface area (Å²) >= 11 is 1.82. The second-order valence-electron chi connectivity index (χ2n) is 6.46. The van der Waals surface area contributed by atoms with Crippen molar-refractivity contribution in [2.24, 2.45) is 5.92 Å². The summed E-state index contributed by atoms with van der Waals surface area (Å²) < 4.78 is 1.38. The third kappa shape index (κ3) is 2.71. The van der Waals surface area contributed by atoms with Gasteiger partial charge in [-0.2, -0.15) is 0 Å². The number of rotatable bonds is 5. The molecule has 110 valence electrons. The zero-order valence-electron chi connectivity index (χ0n) is 12.2. The van der Waals surface area contributed by atoms with E-state index in [1.54, 1.807) is 0 Å². The van der Waals surface area contributed by atoms with Gasteiger partial charge in [0.15, 0.2) is 0 Å². The first-order valence-corrected chi connectivity index (χ1v) is 8.97. The minimum Gasteiger partial charge on any atom is -0.356 e. The number of carbonyl (C=O) groups excluding carboxylic acids is 1. The fraction of sp³-hybridized carbons (Fsp3) is 0.500. The van der Waals surface area contributed by atoms with Gasteiger partial charge in [0.1, 0.15) is 0 Å². The fourth-order valence-corrected chi connectivity index (χ4v) is 4.08. The lowest BCUT2D eigenvalue weighted by Crippen LogP contribution is -2.26. The van der Waals surface area contributed by atoms with Crippen LogP contribution in [0.1, 0.15) is 49.1 Å². The van der Waals surface area contributed by atoms with Crippen LogP contribution in [-0.2, 0) is 11.2 Å². The minimum absolute atomic E-state index is 0.254. The molecule has 3 heteroatoms. The smallest absolute Gasteiger partial charge is 0.223 e. The molecule has 2 nitrogen and oxygen atoms in total. The Bertz CT molecular complexity index is 667. The van der Waals surface area contributed by atoms with E-state index in [1.165, 1.54) is 40.5 Å². The van der Waals surface area contributed by atoms with Crippen LogP contribution in [0, 0.1) is 5.92 Å². The largest absolute Gasteiger partial charge is 0.356 e. The summed E-state index contributed by atoms with van der Waals surface area (Å²) in [6.07, 6.45) is 7.19. The molecule has 1 N–H and O–H groups in total. The molecular weight excluding hydrogens is 278 g/mol. The molecule has 0 bridgehead atoms. The molecule has 1 heterocycles. The first-order chi connectivity index (χ1) is 10.3. The van der Waals surface area contributed by atoms with Gasteiger partial charge in [0.05, 0.1) is 0 Å². The molecule has 1 aromatic carbocycles. The van der Waals surface area contributed by atoms with Gasteiger partial charge < -0.3 is 5.32 Å². The summed E-state index contributed by atoms with van der Waals surface area (Å²) in [6.45, 7) is 0.773. The van der Waals surface area contributed by atoms with Gasteiger partial charge in [0.2, 0.25) is 5.91 Å². The van der Waals surface area contributed by atoms with E-state index in [0.717, 1.165) is 31.7 Å². The van der Waals surface area contributed by atoms with Crippen molar-refractivity contribution in [2.75, 3.05) is 6.54 Å². The third-order valence-corrected chi connectivity index (χ3v) is 5.91. The molecule has 0 radical (unpaired) electrons. The number of benzene rings is 1. The summed E-state index contributed by atoms with van der Waals surface area (Å²) in [6, 6.07) is 6.98. The lowest BCUT2D eigenvalue weighted by atomic mass is 9.80.